The first-order chi connectivity index (χ1) is 10.1. The van der Waals surface area contributed by atoms with Gasteiger partial charge < -0.3 is 10.3 Å². The molecule has 0 atom stereocenters. The van der Waals surface area contributed by atoms with Crippen LogP contribution in [0.3, 0.4) is 0 Å². The topological polar surface area (TPSA) is 70.7 Å². The molecule has 3 aromatic rings. The van der Waals surface area contributed by atoms with E-state index in [-0.39, 0.29) is 16.9 Å². The predicted octanol–water partition coefficient (Wildman–Crippen LogP) is 3.48. The Kier molecular flexibility index (Phi) is 3.35. The molecule has 3 rings (SSSR count). The molecule has 6 heteroatoms. The van der Waals surface area contributed by atoms with Crippen molar-refractivity contribution in [3.8, 4) is 0 Å². The van der Waals surface area contributed by atoms with Gasteiger partial charge >= 0.3 is 0 Å². The summed E-state index contributed by atoms with van der Waals surface area (Å²) < 4.78 is 0. The van der Waals surface area contributed by atoms with Gasteiger partial charge in [-0.3, -0.25) is 4.79 Å². The Morgan fingerprint density at radius 3 is 2.76 bits per heavy atom. The highest BCUT2D eigenvalue weighted by Gasteiger charge is 2.12. The Balaban J connectivity index is 1.95. The lowest BCUT2D eigenvalue weighted by Gasteiger charge is -2.05. The summed E-state index contributed by atoms with van der Waals surface area (Å²) in [7, 11) is 0. The third kappa shape index (κ3) is 2.48. The van der Waals surface area contributed by atoms with Gasteiger partial charge in [-0.1, -0.05) is 11.6 Å². The number of anilines is 1. The minimum Gasteiger partial charge on any atom is -0.358 e. The SMILES string of the molecule is Cc1[nH]c2ccc(C(=O)Nc3nccnc3Cl)cc2c1C. The number of aromatic nitrogens is 3. The van der Waals surface area contributed by atoms with Crippen molar-refractivity contribution in [2.24, 2.45) is 0 Å². The number of H-pyrrole nitrogens is 1. The van der Waals surface area contributed by atoms with Crippen LogP contribution in [-0.4, -0.2) is 20.9 Å². The smallest absolute Gasteiger partial charge is 0.256 e. The Bertz CT molecular complexity index is 841. The minimum absolute atomic E-state index is 0.167. The van der Waals surface area contributed by atoms with Crippen molar-refractivity contribution in [2.45, 2.75) is 13.8 Å². The van der Waals surface area contributed by atoms with Gasteiger partial charge in [0, 0.05) is 34.6 Å². The second-order valence-corrected chi connectivity index (χ2v) is 5.14. The number of hydrogen-bond acceptors (Lipinski definition) is 3. The number of nitrogens with one attached hydrogen (secondary N) is 2. The van der Waals surface area contributed by atoms with E-state index in [1.165, 1.54) is 12.4 Å². The third-order valence-corrected chi connectivity index (χ3v) is 3.73. The minimum atomic E-state index is -0.266. The first-order valence-corrected chi connectivity index (χ1v) is 6.81. The summed E-state index contributed by atoms with van der Waals surface area (Å²) in [6.07, 6.45) is 2.94. The molecule has 106 valence electrons. The number of carbonyl (C=O) groups excluding carboxylic acids is 1. The van der Waals surface area contributed by atoms with Gasteiger partial charge in [0.05, 0.1) is 0 Å². The van der Waals surface area contributed by atoms with Crippen molar-refractivity contribution in [1.29, 1.82) is 0 Å². The van der Waals surface area contributed by atoms with E-state index >= 15 is 0 Å². The molecule has 1 amide bonds. The van der Waals surface area contributed by atoms with Gasteiger partial charge in [-0.05, 0) is 37.6 Å². The number of nitrogens with zero attached hydrogens (tertiary/aromatic N) is 2. The summed E-state index contributed by atoms with van der Waals surface area (Å²) in [5, 5.41) is 3.86. The van der Waals surface area contributed by atoms with E-state index < -0.39 is 0 Å². The standard InChI is InChI=1S/C15H13ClN4O/c1-8-9(2)19-12-4-3-10(7-11(8)12)15(21)20-14-13(16)17-5-6-18-14/h3-7,19H,1-2H3,(H,18,20,21). The number of fused-ring (bicyclic) bond motifs is 1. The Morgan fingerprint density at radius 1 is 1.24 bits per heavy atom. The number of rotatable bonds is 2. The maximum absolute atomic E-state index is 12.3. The summed E-state index contributed by atoms with van der Waals surface area (Å²) in [4.78, 5) is 23.4. The van der Waals surface area contributed by atoms with Crippen LogP contribution in [0.5, 0.6) is 0 Å². The highest BCUT2D eigenvalue weighted by Crippen LogP contribution is 2.23. The zero-order chi connectivity index (χ0) is 15.0. The van der Waals surface area contributed by atoms with Crippen molar-refractivity contribution in [1.82, 2.24) is 15.0 Å². The maximum atomic E-state index is 12.3. The summed E-state index contributed by atoms with van der Waals surface area (Å²) >= 11 is 5.89. The van der Waals surface area contributed by atoms with Crippen molar-refractivity contribution >= 4 is 34.2 Å². The van der Waals surface area contributed by atoms with Gasteiger partial charge in [-0.2, -0.15) is 0 Å². The molecule has 0 aliphatic heterocycles. The van der Waals surface area contributed by atoms with Crippen LogP contribution in [0, 0.1) is 13.8 Å². The maximum Gasteiger partial charge on any atom is 0.256 e. The molecule has 0 unspecified atom stereocenters. The molecular formula is C15H13ClN4O. The Labute approximate surface area is 126 Å². The molecule has 2 heterocycles. The average Bonchev–Trinajstić information content (AvgIpc) is 2.76. The normalized spacial score (nSPS) is 10.8. The van der Waals surface area contributed by atoms with Crippen LogP contribution in [-0.2, 0) is 0 Å². The second-order valence-electron chi connectivity index (χ2n) is 4.79. The number of amides is 1. The molecular weight excluding hydrogens is 288 g/mol. The molecule has 0 saturated heterocycles. The lowest BCUT2D eigenvalue weighted by atomic mass is 10.1. The Hall–Kier alpha value is -2.40. The molecule has 0 radical (unpaired) electrons. The predicted molar refractivity (Wildman–Crippen MR) is 82.8 cm³/mol. The lowest BCUT2D eigenvalue weighted by molar-refractivity contribution is 0.102. The average molecular weight is 301 g/mol. The van der Waals surface area contributed by atoms with Crippen molar-refractivity contribution in [3.05, 3.63) is 52.6 Å². The highest BCUT2D eigenvalue weighted by molar-refractivity contribution is 6.32. The first kappa shape index (κ1) is 13.6. The van der Waals surface area contributed by atoms with Gasteiger partial charge in [0.2, 0.25) is 0 Å². The molecule has 2 N–H and O–H groups in total. The summed E-state index contributed by atoms with van der Waals surface area (Å²) in [6.45, 7) is 4.03. The number of aryl methyl sites for hydroxylation is 2. The first-order valence-electron chi connectivity index (χ1n) is 6.43. The second kappa shape index (κ2) is 5.18. The van der Waals surface area contributed by atoms with Crippen molar-refractivity contribution in [2.75, 3.05) is 5.32 Å². The molecule has 0 fully saturated rings. The van der Waals surface area contributed by atoms with Gasteiger partial charge in [-0.15, -0.1) is 0 Å². The molecule has 1 aromatic carbocycles. The molecule has 0 spiro atoms. The van der Waals surface area contributed by atoms with Crippen molar-refractivity contribution in [3.63, 3.8) is 0 Å². The van der Waals surface area contributed by atoms with E-state index in [0.717, 1.165) is 22.2 Å². The van der Waals surface area contributed by atoms with E-state index in [1.807, 2.05) is 26.0 Å². The van der Waals surface area contributed by atoms with Crippen LogP contribution in [0.4, 0.5) is 5.82 Å². The van der Waals surface area contributed by atoms with Crippen LogP contribution < -0.4 is 5.32 Å². The molecule has 5 nitrogen and oxygen atoms in total. The largest absolute Gasteiger partial charge is 0.358 e. The Morgan fingerprint density at radius 2 is 2.00 bits per heavy atom. The molecule has 21 heavy (non-hydrogen) atoms. The monoisotopic (exact) mass is 300 g/mol. The summed E-state index contributed by atoms with van der Waals surface area (Å²) in [5.74, 6) is -0.0104. The van der Waals surface area contributed by atoms with E-state index in [0.29, 0.717) is 5.56 Å². The zero-order valence-electron chi connectivity index (χ0n) is 11.6. The highest BCUT2D eigenvalue weighted by atomic mass is 35.5. The lowest BCUT2D eigenvalue weighted by Crippen LogP contribution is -2.13. The van der Waals surface area contributed by atoms with E-state index in [9.17, 15) is 4.79 Å². The van der Waals surface area contributed by atoms with Gasteiger partial charge in [-0.25, -0.2) is 9.97 Å². The van der Waals surface area contributed by atoms with E-state index in [2.05, 4.69) is 20.3 Å². The number of benzene rings is 1. The van der Waals surface area contributed by atoms with E-state index in [1.54, 1.807) is 6.07 Å². The number of hydrogen-bond donors (Lipinski definition) is 2. The van der Waals surface area contributed by atoms with Crippen LogP contribution in [0.2, 0.25) is 5.15 Å². The zero-order valence-corrected chi connectivity index (χ0v) is 12.3. The van der Waals surface area contributed by atoms with Gasteiger partial charge in [0.25, 0.3) is 5.91 Å². The molecule has 0 aliphatic rings. The number of halogens is 1. The van der Waals surface area contributed by atoms with Crippen LogP contribution in [0.25, 0.3) is 10.9 Å². The quantitative estimate of drug-likeness (QED) is 0.761. The fourth-order valence-electron chi connectivity index (χ4n) is 2.19. The summed E-state index contributed by atoms with van der Waals surface area (Å²) in [5.41, 5.74) is 3.79. The van der Waals surface area contributed by atoms with E-state index in [4.69, 9.17) is 11.6 Å². The van der Waals surface area contributed by atoms with Crippen LogP contribution >= 0.6 is 11.6 Å². The van der Waals surface area contributed by atoms with Crippen LogP contribution in [0.1, 0.15) is 21.6 Å². The van der Waals surface area contributed by atoms with Gasteiger partial charge in [0.15, 0.2) is 11.0 Å². The molecule has 2 aromatic heterocycles. The number of carbonyl (C=O) groups is 1. The number of aromatic amines is 1. The summed E-state index contributed by atoms with van der Waals surface area (Å²) in [6, 6.07) is 5.51. The van der Waals surface area contributed by atoms with Crippen LogP contribution in [0.15, 0.2) is 30.6 Å². The fourth-order valence-corrected chi connectivity index (χ4v) is 2.34. The van der Waals surface area contributed by atoms with Gasteiger partial charge in [0.1, 0.15) is 0 Å². The molecule has 0 bridgehead atoms. The van der Waals surface area contributed by atoms with Crippen molar-refractivity contribution < 1.29 is 4.79 Å². The third-order valence-electron chi connectivity index (χ3n) is 3.46. The molecule has 0 aliphatic carbocycles. The fraction of sp³-hybridized carbons (Fsp3) is 0.133. The molecule has 0 saturated carbocycles.